The highest BCUT2D eigenvalue weighted by atomic mass is 16.7. The summed E-state index contributed by atoms with van der Waals surface area (Å²) < 4.78 is 58.1. The summed E-state index contributed by atoms with van der Waals surface area (Å²) in [4.78, 5) is 42.9. The van der Waals surface area contributed by atoms with Crippen molar-refractivity contribution in [3.8, 4) is 0 Å². The third-order valence-electron chi connectivity index (χ3n) is 12.7. The van der Waals surface area contributed by atoms with E-state index in [1.165, 1.54) is 0 Å². The Morgan fingerprint density at radius 1 is 0.483 bits per heavy atom. The molecule has 0 aromatic heterocycles. The van der Waals surface area contributed by atoms with E-state index in [9.17, 15) is 14.4 Å². The number of ether oxygens (including phenoxy) is 9. The molecule has 6 unspecified atom stereocenters. The average Bonchev–Trinajstić information content (AvgIpc) is 3.73. The largest absolute Gasteiger partial charge is 0.465 e. The first-order valence-electron chi connectivity index (χ1n) is 23.3. The second kappa shape index (κ2) is 26.5. The van der Waals surface area contributed by atoms with E-state index in [-0.39, 0.29) is 43.7 Å². The lowest BCUT2D eigenvalue weighted by atomic mass is 9.72. The van der Waals surface area contributed by atoms with Gasteiger partial charge < -0.3 is 42.6 Å². The summed E-state index contributed by atoms with van der Waals surface area (Å²) in [5, 5.41) is 0. The molecule has 0 saturated carbocycles. The maximum atomic E-state index is 14.7. The van der Waals surface area contributed by atoms with E-state index < -0.39 is 52.9 Å². The van der Waals surface area contributed by atoms with Crippen LogP contribution in [0.15, 0.2) is 0 Å². The number of hydrogen-bond acceptors (Lipinski definition) is 12. The van der Waals surface area contributed by atoms with Gasteiger partial charge >= 0.3 is 17.9 Å². The highest BCUT2D eigenvalue weighted by Crippen LogP contribution is 2.48. The monoisotopic (exact) mass is 827 g/mol. The molecule has 0 aromatic rings. The van der Waals surface area contributed by atoms with Crippen LogP contribution in [0.25, 0.3) is 0 Å². The Bertz CT molecular complexity index is 1150. The first-order valence-corrected chi connectivity index (χ1v) is 23.3. The van der Waals surface area contributed by atoms with E-state index >= 15 is 0 Å². The smallest absolute Gasteiger partial charge is 0.309 e. The Morgan fingerprint density at radius 2 is 0.862 bits per heavy atom. The highest BCUT2D eigenvalue weighted by Gasteiger charge is 2.56. The maximum Gasteiger partial charge on any atom is 0.309 e. The Morgan fingerprint density at radius 3 is 1.26 bits per heavy atom. The van der Waals surface area contributed by atoms with Gasteiger partial charge in [-0.2, -0.15) is 0 Å². The molecule has 3 aliphatic heterocycles. The van der Waals surface area contributed by atoms with Crippen LogP contribution in [-0.4, -0.2) is 94.7 Å². The van der Waals surface area contributed by atoms with Crippen LogP contribution in [0.2, 0.25) is 0 Å². The van der Waals surface area contributed by atoms with Gasteiger partial charge in [-0.05, 0) is 63.7 Å². The van der Waals surface area contributed by atoms with Crippen LogP contribution in [0.1, 0.15) is 165 Å². The zero-order chi connectivity index (χ0) is 42.4. The van der Waals surface area contributed by atoms with Gasteiger partial charge in [0.2, 0.25) is 0 Å². The molecule has 0 spiro atoms. The SMILES string of the molecule is CCCCOC(=O)C(CC1(C(C)C(CC2(CCC)OCCCCO2)C(=O)OCCCC)OCCCCO1)C(C)C1(CC(C(=O)OCCC)C(C)CC)OCCCCO1. The Labute approximate surface area is 351 Å². The molecule has 3 saturated heterocycles. The van der Waals surface area contributed by atoms with Crippen molar-refractivity contribution >= 4 is 17.9 Å². The molecule has 3 aliphatic rings. The second-order valence-electron chi connectivity index (χ2n) is 17.1. The molecular formula is C46H82O12. The van der Waals surface area contributed by atoms with E-state index in [4.69, 9.17) is 42.6 Å². The maximum absolute atomic E-state index is 14.7. The van der Waals surface area contributed by atoms with Crippen molar-refractivity contribution in [3.63, 3.8) is 0 Å². The molecule has 0 bridgehead atoms. The molecule has 12 heteroatoms. The van der Waals surface area contributed by atoms with Gasteiger partial charge in [0.25, 0.3) is 0 Å². The number of carbonyl (C=O) groups is 3. The minimum absolute atomic E-state index is 0.0259. The predicted octanol–water partition coefficient (Wildman–Crippen LogP) is 9.33. The van der Waals surface area contributed by atoms with Crippen molar-refractivity contribution < 1.29 is 57.0 Å². The minimum Gasteiger partial charge on any atom is -0.465 e. The molecule has 0 amide bonds. The first kappa shape index (κ1) is 50.5. The Kier molecular flexibility index (Phi) is 23.1. The van der Waals surface area contributed by atoms with Crippen LogP contribution in [0, 0.1) is 35.5 Å². The van der Waals surface area contributed by atoms with E-state index in [0.717, 1.165) is 70.6 Å². The Balaban J connectivity index is 2.18. The molecule has 12 nitrogen and oxygen atoms in total. The van der Waals surface area contributed by atoms with Crippen molar-refractivity contribution in [2.75, 3.05) is 59.5 Å². The van der Waals surface area contributed by atoms with Crippen molar-refractivity contribution in [3.05, 3.63) is 0 Å². The van der Waals surface area contributed by atoms with Gasteiger partial charge in [-0.3, -0.25) is 14.4 Å². The fraction of sp³-hybridized carbons (Fsp3) is 0.935. The third-order valence-corrected chi connectivity index (χ3v) is 12.7. The van der Waals surface area contributed by atoms with Crippen LogP contribution in [0.3, 0.4) is 0 Å². The van der Waals surface area contributed by atoms with Gasteiger partial charge in [-0.15, -0.1) is 0 Å². The standard InChI is InChI=1S/C46H82O12/c1-9-14-24-51-42(48)39(32-44(22-11-3)53-26-16-17-27-54-44)36(7)46(57-30-20-21-31-58-46)34-40(43(49)52-25-15-10-2)37(8)45(55-28-18-19-29-56-45)33-38(35(6)13-5)41(47)50-23-12-4/h35-40H,9-34H2,1-8H3. The Hall–Kier alpha value is -1.83. The van der Waals surface area contributed by atoms with E-state index in [0.29, 0.717) is 72.1 Å². The third kappa shape index (κ3) is 14.7. The lowest BCUT2D eigenvalue weighted by Crippen LogP contribution is -2.55. The highest BCUT2D eigenvalue weighted by molar-refractivity contribution is 5.75. The molecule has 3 fully saturated rings. The zero-order valence-corrected chi connectivity index (χ0v) is 37.7. The van der Waals surface area contributed by atoms with Gasteiger partial charge in [0, 0.05) is 37.5 Å². The van der Waals surface area contributed by atoms with Crippen LogP contribution < -0.4 is 0 Å². The van der Waals surface area contributed by atoms with Gasteiger partial charge in [-0.1, -0.05) is 81.1 Å². The van der Waals surface area contributed by atoms with Gasteiger partial charge in [0.1, 0.15) is 0 Å². The fourth-order valence-electron chi connectivity index (χ4n) is 8.56. The lowest BCUT2D eigenvalue weighted by molar-refractivity contribution is -0.300. The minimum atomic E-state index is -1.39. The van der Waals surface area contributed by atoms with E-state index in [1.54, 1.807) is 0 Å². The quantitative estimate of drug-likeness (QED) is 0.0493. The van der Waals surface area contributed by atoms with Gasteiger partial charge in [0.05, 0.1) is 77.2 Å². The number of unbranched alkanes of at least 4 members (excludes halogenated alkanes) is 2. The van der Waals surface area contributed by atoms with Crippen molar-refractivity contribution in [2.45, 2.75) is 182 Å². The molecule has 6 atom stereocenters. The second-order valence-corrected chi connectivity index (χ2v) is 17.1. The van der Waals surface area contributed by atoms with Gasteiger partial charge in [-0.25, -0.2) is 0 Å². The number of esters is 3. The normalized spacial score (nSPS) is 22.8. The van der Waals surface area contributed by atoms with Crippen molar-refractivity contribution in [2.24, 2.45) is 35.5 Å². The summed E-state index contributed by atoms with van der Waals surface area (Å²) in [5.41, 5.74) is 0. The van der Waals surface area contributed by atoms with Crippen LogP contribution in [-0.2, 0) is 57.0 Å². The molecule has 58 heavy (non-hydrogen) atoms. The molecule has 0 N–H and O–H groups in total. The summed E-state index contributed by atoms with van der Waals surface area (Å²) in [7, 11) is 0. The van der Waals surface area contributed by atoms with E-state index in [1.807, 2.05) is 20.8 Å². The van der Waals surface area contributed by atoms with Crippen molar-refractivity contribution in [1.82, 2.24) is 0 Å². The predicted molar refractivity (Wildman–Crippen MR) is 222 cm³/mol. The molecule has 3 heterocycles. The van der Waals surface area contributed by atoms with Gasteiger partial charge in [0.15, 0.2) is 17.4 Å². The summed E-state index contributed by atoms with van der Waals surface area (Å²) in [6, 6.07) is 0. The van der Waals surface area contributed by atoms with Crippen LogP contribution >= 0.6 is 0 Å². The van der Waals surface area contributed by atoms with Crippen LogP contribution in [0.5, 0.6) is 0 Å². The molecule has 0 aliphatic carbocycles. The fourth-order valence-corrected chi connectivity index (χ4v) is 8.56. The summed E-state index contributed by atoms with van der Waals surface area (Å²) in [6.45, 7) is 19.8. The zero-order valence-electron chi connectivity index (χ0n) is 37.7. The first-order chi connectivity index (χ1) is 28.0. The molecular weight excluding hydrogens is 744 g/mol. The van der Waals surface area contributed by atoms with Crippen molar-refractivity contribution in [1.29, 1.82) is 0 Å². The number of hydrogen-bond donors (Lipinski definition) is 0. The number of rotatable bonds is 25. The molecule has 338 valence electrons. The lowest BCUT2D eigenvalue weighted by Gasteiger charge is -2.47. The summed E-state index contributed by atoms with van der Waals surface area (Å²) in [6.07, 6.45) is 11.5. The molecule has 0 radical (unpaired) electrons. The molecule has 0 aromatic carbocycles. The summed E-state index contributed by atoms with van der Waals surface area (Å²) in [5.74, 6) is -8.08. The van der Waals surface area contributed by atoms with E-state index in [2.05, 4.69) is 34.6 Å². The molecule has 3 rings (SSSR count). The number of carbonyl (C=O) groups excluding carboxylic acids is 3. The van der Waals surface area contributed by atoms with Crippen LogP contribution in [0.4, 0.5) is 0 Å². The topological polar surface area (TPSA) is 134 Å². The summed E-state index contributed by atoms with van der Waals surface area (Å²) >= 11 is 0. The average molecular weight is 827 g/mol.